The van der Waals surface area contributed by atoms with Crippen molar-refractivity contribution in [1.82, 2.24) is 14.6 Å². The molecule has 6 rings (SSSR count). The minimum Gasteiger partial charge on any atom is -0.465 e. The normalized spacial score (nSPS) is 17.9. The van der Waals surface area contributed by atoms with Crippen molar-refractivity contribution >= 4 is 46.2 Å². The lowest BCUT2D eigenvalue weighted by Gasteiger charge is -2.37. The van der Waals surface area contributed by atoms with Crippen molar-refractivity contribution in [2.45, 2.75) is 66.3 Å². The van der Waals surface area contributed by atoms with E-state index in [-0.39, 0.29) is 64.9 Å². The number of hydrogen-bond donors (Lipinski definition) is 2. The minimum atomic E-state index is -2.29. The van der Waals surface area contributed by atoms with Crippen LogP contribution >= 0.6 is 0 Å². The average molecular weight is 872 g/mol. The maximum atomic E-state index is 13.9. The first-order valence-electron chi connectivity index (χ1n) is 19.7. The van der Waals surface area contributed by atoms with Gasteiger partial charge in [0.05, 0.1) is 51.8 Å². The molecule has 0 saturated heterocycles. The van der Waals surface area contributed by atoms with Crippen LogP contribution in [0.1, 0.15) is 92.5 Å². The summed E-state index contributed by atoms with van der Waals surface area (Å²) in [5.41, 5.74) is 5.20. The molecule has 3 atom stereocenters. The van der Waals surface area contributed by atoms with E-state index in [1.54, 1.807) is 6.07 Å². The number of carbonyl (C=O) groups excluding carboxylic acids is 3. The van der Waals surface area contributed by atoms with Crippen molar-refractivity contribution in [3.63, 3.8) is 0 Å². The number of nitrogens with zero attached hydrogens (tertiary/aromatic N) is 3. The molecule has 0 aliphatic heterocycles. The molecule has 2 heterocycles. The number of aromatic nitrogens is 3. The fourth-order valence-corrected chi connectivity index (χ4v) is 8.75. The highest BCUT2D eigenvalue weighted by molar-refractivity contribution is 7.82. The van der Waals surface area contributed by atoms with E-state index in [9.17, 15) is 18.6 Å². The fraction of sp³-hybridized carbons (Fsp3) is 0.386. The van der Waals surface area contributed by atoms with Gasteiger partial charge in [0.25, 0.3) is 0 Å². The summed E-state index contributed by atoms with van der Waals surface area (Å²) in [5, 5.41) is 3.20. The van der Waals surface area contributed by atoms with Crippen LogP contribution in [0.5, 0.6) is 5.75 Å². The first-order chi connectivity index (χ1) is 29.7. The summed E-state index contributed by atoms with van der Waals surface area (Å²) in [4.78, 5) is 67.3. The number of nitrogens with one attached hydrogen (secondary N) is 2. The van der Waals surface area contributed by atoms with Crippen LogP contribution in [0.15, 0.2) is 54.7 Å². The third-order valence-corrected chi connectivity index (χ3v) is 11.5. The number of anilines is 1. The molecule has 1 aliphatic carbocycles. The quantitative estimate of drug-likeness (QED) is 0.0303. The summed E-state index contributed by atoms with van der Waals surface area (Å²) in [6, 6.07) is 13.3. The molecule has 5 aromatic rings. The monoisotopic (exact) mass is 871 g/mol. The lowest BCUT2D eigenvalue weighted by Crippen LogP contribution is -2.37. The average Bonchev–Trinajstić information content (AvgIpc) is 3.82. The molecular weight excluding hydrogens is 823 g/mol. The molecule has 1 saturated carbocycles. The zero-order valence-electron chi connectivity index (χ0n) is 35.7. The van der Waals surface area contributed by atoms with E-state index in [0.717, 1.165) is 35.1 Å². The van der Waals surface area contributed by atoms with Crippen LogP contribution in [0.2, 0.25) is 0 Å². The van der Waals surface area contributed by atoms with Crippen LogP contribution in [-0.2, 0) is 64.7 Å². The maximum absolute atomic E-state index is 13.9. The van der Waals surface area contributed by atoms with Crippen molar-refractivity contribution in [3.8, 4) is 17.1 Å². The van der Waals surface area contributed by atoms with E-state index in [1.807, 2.05) is 31.2 Å². The van der Waals surface area contributed by atoms with Gasteiger partial charge in [-0.05, 0) is 102 Å². The largest absolute Gasteiger partial charge is 0.465 e. The number of carbonyl (C=O) groups is 3. The van der Waals surface area contributed by atoms with Gasteiger partial charge in [-0.3, -0.25) is 14.3 Å². The highest BCUT2D eigenvalue weighted by Gasteiger charge is 2.36. The van der Waals surface area contributed by atoms with Crippen molar-refractivity contribution < 1.29 is 56.5 Å². The Hall–Kier alpha value is -6.10. The second-order valence-corrected chi connectivity index (χ2v) is 16.2. The molecule has 0 bridgehead atoms. The van der Waals surface area contributed by atoms with Gasteiger partial charge < -0.3 is 18.4 Å². The zero-order valence-corrected chi connectivity index (χ0v) is 36.5. The van der Waals surface area contributed by atoms with Gasteiger partial charge in [-0.2, -0.15) is 4.21 Å². The second-order valence-electron chi connectivity index (χ2n) is 15.3. The molecule has 2 N–H and O–H groups in total. The molecule has 0 spiro atoms. The minimum absolute atomic E-state index is 0.0209. The van der Waals surface area contributed by atoms with Crippen molar-refractivity contribution in [2.75, 3.05) is 33.2 Å². The Kier molecular flexibility index (Phi) is 14.8. The van der Waals surface area contributed by atoms with Gasteiger partial charge >= 0.3 is 29.2 Å². The molecule has 3 aromatic carbocycles. The van der Waals surface area contributed by atoms with Gasteiger partial charge in [0.15, 0.2) is 11.5 Å². The molecule has 18 heteroatoms. The molecule has 0 amide bonds. The Bertz CT molecular complexity index is 2450. The molecule has 1 fully saturated rings. The summed E-state index contributed by atoms with van der Waals surface area (Å²) < 4.78 is 39.7. The Morgan fingerprint density at radius 1 is 0.855 bits per heavy atom. The van der Waals surface area contributed by atoms with Crippen LogP contribution < -0.4 is 8.91 Å². The van der Waals surface area contributed by atoms with Crippen LogP contribution in [-0.4, -0.2) is 71.3 Å². The van der Waals surface area contributed by atoms with Gasteiger partial charge in [-0.25, -0.2) is 43.8 Å². The van der Waals surface area contributed by atoms with Gasteiger partial charge in [-0.1, -0.05) is 39.0 Å². The summed E-state index contributed by atoms with van der Waals surface area (Å²) in [5.74, 6) is -1.03. The molecule has 0 radical (unpaired) electrons. The second kappa shape index (κ2) is 20.2. The first kappa shape index (κ1) is 45.4. The lowest BCUT2D eigenvalue weighted by molar-refractivity contribution is -0.283. The highest BCUT2D eigenvalue weighted by atomic mass is 32.2. The molecule has 1 aliphatic rings. The smallest absolute Gasteiger partial charge is 0.338 e. The van der Waals surface area contributed by atoms with E-state index < -0.39 is 29.2 Å². The molecule has 3 unspecified atom stereocenters. The number of rotatable bonds is 17. The highest BCUT2D eigenvalue weighted by Crippen LogP contribution is 2.37. The molecule has 17 nitrogen and oxygen atoms in total. The third kappa shape index (κ3) is 10.5. The first-order valence-corrected chi connectivity index (χ1v) is 20.8. The van der Waals surface area contributed by atoms with Crippen molar-refractivity contribution in [2.24, 2.45) is 17.8 Å². The number of ether oxygens (including phenoxy) is 3. The molecule has 328 valence electrons. The van der Waals surface area contributed by atoms with Crippen molar-refractivity contribution in [1.29, 1.82) is 0 Å². The van der Waals surface area contributed by atoms with Crippen molar-refractivity contribution in [3.05, 3.63) is 111 Å². The Balaban J connectivity index is 1.40. The van der Waals surface area contributed by atoms with Crippen LogP contribution in [0, 0.1) is 31.2 Å². The number of fused-ring (bicyclic) bond motifs is 1. The van der Waals surface area contributed by atoms with E-state index in [0.29, 0.717) is 35.0 Å². The Labute approximate surface area is 361 Å². The Morgan fingerprint density at radius 2 is 1.45 bits per heavy atom. The predicted octanol–water partition coefficient (Wildman–Crippen LogP) is 7.81. The molecule has 2 aromatic heterocycles. The zero-order chi connectivity index (χ0) is 44.7. The van der Waals surface area contributed by atoms with Gasteiger partial charge in [-0.15, -0.1) is 0 Å². The summed E-state index contributed by atoms with van der Waals surface area (Å²) in [7, 11) is 5.22. The van der Waals surface area contributed by atoms with Gasteiger partial charge in [0, 0.05) is 11.8 Å². The Morgan fingerprint density at radius 3 is 2.02 bits per heavy atom. The maximum Gasteiger partial charge on any atom is 0.338 e. The molecular formula is C44H49N5O12S. The van der Waals surface area contributed by atoms with Crippen LogP contribution in [0.3, 0.4) is 0 Å². The number of aromatic amines is 1. The molecule has 62 heavy (non-hydrogen) atoms. The summed E-state index contributed by atoms with van der Waals surface area (Å²) >= 11 is -2.29. The van der Waals surface area contributed by atoms with E-state index in [2.05, 4.69) is 35.4 Å². The predicted molar refractivity (Wildman–Crippen MR) is 226 cm³/mol. The topological polar surface area (TPSA) is 192 Å². The number of H-pyrrole nitrogens is 1. The number of hydrogen-bond acceptors (Lipinski definition) is 13. The van der Waals surface area contributed by atoms with E-state index in [1.165, 1.54) is 57.4 Å². The lowest BCUT2D eigenvalue weighted by atomic mass is 9.75. The number of benzene rings is 3. The van der Waals surface area contributed by atoms with E-state index >= 15 is 0 Å². The van der Waals surface area contributed by atoms with Crippen LogP contribution in [0.4, 0.5) is 11.4 Å². The third-order valence-electron chi connectivity index (χ3n) is 10.7. The van der Waals surface area contributed by atoms with Crippen LogP contribution in [0.25, 0.3) is 21.9 Å². The SMILES string of the molecule is [C-]#[N+]c1cn2[nH]c(-c3cc(Cc4cc(COOC)cc(COOC)c4)c(C)c(NS(=O)Oc4cc(C(=O)OC)cc(C(=O)OC)c4)c3)nc2c1C(=O)OC1C(C)CC(C)CC1C. The summed E-state index contributed by atoms with van der Waals surface area (Å²) in [6.45, 7) is 16.4. The number of esters is 3. The van der Waals surface area contributed by atoms with Gasteiger partial charge in [0.1, 0.15) is 30.6 Å². The fourth-order valence-electron chi connectivity index (χ4n) is 8.04. The number of methoxy groups -OCH3 is 2. The van der Waals surface area contributed by atoms with E-state index in [4.69, 9.17) is 49.5 Å². The van der Waals surface area contributed by atoms with Gasteiger partial charge in [0.2, 0.25) is 5.69 Å². The summed E-state index contributed by atoms with van der Waals surface area (Å²) in [6.07, 6.45) is 3.42. The standard InChI is InChI=1S/C44H49N5O12S/c1-24-10-25(2)39(26(3)11-24)60-44(52)38-37(45-5)21-49-41(38)46-40(47-49)32-16-31(15-28-12-29(22-58-56-8)14-30(13-28)23-59-57-9)27(4)36(20-32)48-62(53)61-35-18-33(42(50)54-6)17-34(19-35)43(51)55-7/h12-14,16-21,24-26,39,48H,10-11,15,22-23H2,1-4,6-9H3,(H,46,47).